The summed E-state index contributed by atoms with van der Waals surface area (Å²) in [4.78, 5) is 1.40. The minimum atomic E-state index is -0.312. The van der Waals surface area contributed by atoms with E-state index in [9.17, 15) is 0 Å². The van der Waals surface area contributed by atoms with Gasteiger partial charge in [-0.15, -0.1) is 11.8 Å². The van der Waals surface area contributed by atoms with Gasteiger partial charge in [-0.25, -0.2) is 0 Å². The molecule has 0 N–H and O–H groups in total. The summed E-state index contributed by atoms with van der Waals surface area (Å²) in [6.45, 7) is 2.45. The minimum Gasteiger partial charge on any atom is -0.123 e. The fourth-order valence-electron chi connectivity index (χ4n) is 4.35. The third kappa shape index (κ3) is 4.48. The van der Waals surface area contributed by atoms with Gasteiger partial charge in [-0.2, -0.15) is 0 Å². The number of hydrogen-bond acceptors (Lipinski definition) is 1. The fraction of sp³-hybridized carbons (Fsp3) is 0.280. The summed E-state index contributed by atoms with van der Waals surface area (Å²) in [5.41, 5.74) is 0.774. The van der Waals surface area contributed by atoms with E-state index in [2.05, 4.69) is 110 Å². The Kier molecular flexibility index (Phi) is 6.32. The second kappa shape index (κ2) is 9.09. The first-order chi connectivity index (χ1) is 13.3. The van der Waals surface area contributed by atoms with Gasteiger partial charge in [0.25, 0.3) is 0 Å². The highest BCUT2D eigenvalue weighted by Crippen LogP contribution is 2.53. The van der Waals surface area contributed by atoms with Crippen LogP contribution in [-0.2, 0) is 0 Å². The first kappa shape index (κ1) is 18.8. The molecule has 27 heavy (non-hydrogen) atoms. The van der Waals surface area contributed by atoms with Crippen LogP contribution < -0.4 is 10.6 Å². The van der Waals surface area contributed by atoms with Crippen LogP contribution in [0.4, 0.5) is 0 Å². The third-order valence-corrected chi connectivity index (χ3v) is 9.88. The van der Waals surface area contributed by atoms with E-state index in [1.165, 1.54) is 34.8 Å². The molecule has 0 aromatic heterocycles. The molecule has 2 heteroatoms. The summed E-state index contributed by atoms with van der Waals surface area (Å²) < 4.78 is 0. The topological polar surface area (TPSA) is 0 Å². The lowest BCUT2D eigenvalue weighted by Crippen LogP contribution is -2.29. The normalized spacial score (nSPS) is 20.7. The van der Waals surface area contributed by atoms with E-state index in [1.54, 1.807) is 0 Å². The van der Waals surface area contributed by atoms with Crippen molar-refractivity contribution < 1.29 is 0 Å². The molecule has 0 heterocycles. The lowest BCUT2D eigenvalue weighted by Gasteiger charge is -2.33. The Bertz CT molecular complexity index is 779. The molecular weight excluding hydrogens is 363 g/mol. The quantitative estimate of drug-likeness (QED) is 0.343. The number of thioether (sulfide) groups is 1. The third-order valence-electron chi connectivity index (χ3n) is 5.60. The first-order valence-corrected chi connectivity index (χ1v) is 12.2. The van der Waals surface area contributed by atoms with Crippen molar-refractivity contribution in [3.05, 3.63) is 91.0 Å². The molecule has 0 nitrogen and oxygen atoms in total. The van der Waals surface area contributed by atoms with Crippen LogP contribution >= 0.6 is 19.7 Å². The summed E-state index contributed by atoms with van der Waals surface area (Å²) in [6, 6.07) is 33.4. The molecule has 0 aliphatic heterocycles. The van der Waals surface area contributed by atoms with Crippen molar-refractivity contribution in [3.8, 4) is 0 Å². The van der Waals surface area contributed by atoms with E-state index in [0.717, 1.165) is 11.6 Å². The molecule has 0 saturated heterocycles. The van der Waals surface area contributed by atoms with Crippen molar-refractivity contribution in [3.63, 3.8) is 0 Å². The van der Waals surface area contributed by atoms with Crippen LogP contribution in [0, 0.1) is 5.92 Å². The molecule has 1 unspecified atom stereocenters. The SMILES string of the molecule is C[C@H](Sc1ccccc1)[C@H]1CCCC1P(c1ccccc1)c1ccccc1. The molecule has 1 aliphatic carbocycles. The van der Waals surface area contributed by atoms with E-state index in [0.29, 0.717) is 5.25 Å². The Morgan fingerprint density at radius 2 is 1.26 bits per heavy atom. The van der Waals surface area contributed by atoms with Crippen molar-refractivity contribution in [2.75, 3.05) is 0 Å². The van der Waals surface area contributed by atoms with E-state index >= 15 is 0 Å². The predicted octanol–water partition coefficient (Wildman–Crippen LogP) is 6.47. The lowest BCUT2D eigenvalue weighted by molar-refractivity contribution is 0.552. The first-order valence-electron chi connectivity index (χ1n) is 9.94. The minimum absolute atomic E-state index is 0.312. The van der Waals surface area contributed by atoms with E-state index in [-0.39, 0.29) is 7.92 Å². The largest absolute Gasteiger partial charge is 0.123 e. The Morgan fingerprint density at radius 1 is 0.741 bits per heavy atom. The lowest BCUT2D eigenvalue weighted by atomic mass is 10.0. The second-order valence-corrected chi connectivity index (χ2v) is 11.2. The van der Waals surface area contributed by atoms with Crippen molar-refractivity contribution in [1.82, 2.24) is 0 Å². The highest BCUT2D eigenvalue weighted by Gasteiger charge is 2.38. The predicted molar refractivity (Wildman–Crippen MR) is 122 cm³/mol. The van der Waals surface area contributed by atoms with Gasteiger partial charge in [0.2, 0.25) is 0 Å². The van der Waals surface area contributed by atoms with Crippen molar-refractivity contribution in [1.29, 1.82) is 0 Å². The summed E-state index contributed by atoms with van der Waals surface area (Å²) >= 11 is 2.06. The van der Waals surface area contributed by atoms with Crippen molar-refractivity contribution >= 4 is 30.3 Å². The molecule has 0 spiro atoms. The Hall–Kier alpha value is -1.56. The maximum Gasteiger partial charge on any atom is 0.0101 e. The van der Waals surface area contributed by atoms with Gasteiger partial charge in [-0.1, -0.05) is 92.2 Å². The van der Waals surface area contributed by atoms with Crippen LogP contribution in [-0.4, -0.2) is 10.9 Å². The fourth-order valence-corrected chi connectivity index (χ4v) is 8.99. The molecule has 0 amide bonds. The van der Waals surface area contributed by atoms with E-state index in [1.807, 2.05) is 0 Å². The van der Waals surface area contributed by atoms with Gasteiger partial charge >= 0.3 is 0 Å². The van der Waals surface area contributed by atoms with Gasteiger partial charge in [0, 0.05) is 10.1 Å². The van der Waals surface area contributed by atoms with Gasteiger partial charge in [-0.05, 0) is 55.1 Å². The van der Waals surface area contributed by atoms with Crippen LogP contribution in [0.25, 0.3) is 0 Å². The summed E-state index contributed by atoms with van der Waals surface area (Å²) in [7, 11) is -0.312. The Morgan fingerprint density at radius 3 is 1.81 bits per heavy atom. The van der Waals surface area contributed by atoms with Crippen LogP contribution in [0.3, 0.4) is 0 Å². The molecule has 3 aromatic rings. The summed E-state index contributed by atoms with van der Waals surface area (Å²) in [5, 5.41) is 3.72. The molecule has 3 atom stereocenters. The second-order valence-electron chi connectivity index (χ2n) is 7.34. The molecule has 0 bridgehead atoms. The van der Waals surface area contributed by atoms with Crippen LogP contribution in [0.15, 0.2) is 95.9 Å². The van der Waals surface area contributed by atoms with Crippen molar-refractivity contribution in [2.45, 2.75) is 42.0 Å². The smallest absolute Gasteiger partial charge is 0.0101 e. The van der Waals surface area contributed by atoms with E-state index < -0.39 is 0 Å². The molecule has 0 radical (unpaired) electrons. The maximum atomic E-state index is 2.45. The zero-order valence-corrected chi connectivity index (χ0v) is 17.6. The number of rotatable bonds is 6. The van der Waals surface area contributed by atoms with Crippen LogP contribution in [0.5, 0.6) is 0 Å². The number of benzene rings is 3. The summed E-state index contributed by atoms with van der Waals surface area (Å²) in [5.74, 6) is 0.779. The molecular formula is C25H27PS. The van der Waals surface area contributed by atoms with Gasteiger partial charge < -0.3 is 0 Å². The molecule has 1 fully saturated rings. The average molecular weight is 391 g/mol. The average Bonchev–Trinajstić information content (AvgIpc) is 3.20. The van der Waals surface area contributed by atoms with Gasteiger partial charge in [0.15, 0.2) is 0 Å². The molecule has 4 rings (SSSR count). The standard InChI is InChI=1S/C25H27PS/c1-20(27-23-16-9-4-10-17-23)24-18-11-19-25(24)26(21-12-5-2-6-13-21)22-14-7-3-8-15-22/h2-10,12-17,20,24-25H,11,18-19H2,1H3/t20-,24+,25?/m0/s1. The zero-order valence-electron chi connectivity index (χ0n) is 15.9. The van der Waals surface area contributed by atoms with Gasteiger partial charge in [-0.3, -0.25) is 0 Å². The highest BCUT2D eigenvalue weighted by molar-refractivity contribution is 8.00. The highest BCUT2D eigenvalue weighted by atomic mass is 32.2. The molecule has 1 aliphatic rings. The maximum absolute atomic E-state index is 2.45. The van der Waals surface area contributed by atoms with Gasteiger partial charge in [0.1, 0.15) is 0 Å². The van der Waals surface area contributed by atoms with Gasteiger partial charge in [0.05, 0.1) is 0 Å². The Balaban J connectivity index is 1.62. The molecule has 1 saturated carbocycles. The van der Waals surface area contributed by atoms with Crippen LogP contribution in [0.2, 0.25) is 0 Å². The van der Waals surface area contributed by atoms with Crippen LogP contribution in [0.1, 0.15) is 26.2 Å². The Labute approximate surface area is 169 Å². The van der Waals surface area contributed by atoms with Crippen molar-refractivity contribution in [2.24, 2.45) is 5.92 Å². The number of hydrogen-bond donors (Lipinski definition) is 0. The van der Waals surface area contributed by atoms with E-state index in [4.69, 9.17) is 0 Å². The zero-order chi connectivity index (χ0) is 18.5. The molecule has 138 valence electrons. The monoisotopic (exact) mass is 390 g/mol. The summed E-state index contributed by atoms with van der Waals surface area (Å²) in [6.07, 6.45) is 4.09. The molecule has 3 aromatic carbocycles.